The van der Waals surface area contributed by atoms with E-state index in [0.29, 0.717) is 23.8 Å². The average molecular weight is 285 g/mol. The lowest BCUT2D eigenvalue weighted by Gasteiger charge is -2.11. The van der Waals surface area contributed by atoms with E-state index in [4.69, 9.17) is 4.74 Å². The number of ether oxygens (including phenoxy) is 1. The second-order valence-corrected chi connectivity index (χ2v) is 5.32. The number of aromatic nitrogens is 1. The maximum absolute atomic E-state index is 9.71. The van der Waals surface area contributed by atoms with Gasteiger partial charge in [0.1, 0.15) is 11.5 Å². The van der Waals surface area contributed by atoms with Crippen molar-refractivity contribution < 1.29 is 9.84 Å². The second-order valence-electron chi connectivity index (χ2n) is 5.32. The fraction of sp³-hybridized carbons (Fsp3) is 0.389. The van der Waals surface area contributed by atoms with Gasteiger partial charge in [0.05, 0.1) is 18.0 Å². The molecule has 0 spiro atoms. The van der Waals surface area contributed by atoms with Crippen LogP contribution in [0.2, 0.25) is 0 Å². The quantitative estimate of drug-likeness (QED) is 0.826. The van der Waals surface area contributed by atoms with Gasteiger partial charge in [-0.05, 0) is 48.6 Å². The third kappa shape index (κ3) is 4.05. The second kappa shape index (κ2) is 7.23. The lowest BCUT2D eigenvalue weighted by molar-refractivity contribution is 0.169. The number of pyridine rings is 1. The lowest BCUT2D eigenvalue weighted by atomic mass is 9.99. The molecule has 1 heterocycles. The van der Waals surface area contributed by atoms with Crippen LogP contribution in [0.25, 0.3) is 0 Å². The van der Waals surface area contributed by atoms with Gasteiger partial charge >= 0.3 is 0 Å². The Bertz CT molecular complexity index is 497. The Labute approximate surface area is 126 Å². The minimum absolute atomic E-state index is 0.506. The number of aliphatic hydroxyl groups excluding tert-OH is 1. The zero-order valence-corrected chi connectivity index (χ0v) is 12.9. The summed E-state index contributed by atoms with van der Waals surface area (Å²) in [5.74, 6) is 2.04. The minimum Gasteiger partial charge on any atom is -0.456 e. The Morgan fingerprint density at radius 1 is 1.00 bits per heavy atom. The molecule has 0 fully saturated rings. The molecule has 0 saturated carbocycles. The summed E-state index contributed by atoms with van der Waals surface area (Å²) in [7, 11) is 0. The average Bonchev–Trinajstić information content (AvgIpc) is 2.55. The molecular formula is C18H23NO2. The molecule has 2 aromatic rings. The molecule has 2 rings (SSSR count). The zero-order chi connectivity index (χ0) is 15.2. The number of hydrogen-bond donors (Lipinski definition) is 1. The maximum Gasteiger partial charge on any atom is 0.145 e. The summed E-state index contributed by atoms with van der Waals surface area (Å²) in [6, 6.07) is 11.8. The van der Waals surface area contributed by atoms with Gasteiger partial charge < -0.3 is 9.84 Å². The summed E-state index contributed by atoms with van der Waals surface area (Å²) >= 11 is 0. The van der Waals surface area contributed by atoms with E-state index in [1.165, 1.54) is 5.56 Å². The molecule has 2 atom stereocenters. The first-order valence-electron chi connectivity index (χ1n) is 7.55. The monoisotopic (exact) mass is 285 g/mol. The first-order chi connectivity index (χ1) is 10.1. The predicted octanol–water partition coefficient (Wildman–Crippen LogP) is 4.83. The molecule has 0 amide bonds. The molecule has 0 radical (unpaired) electrons. The Hall–Kier alpha value is -1.87. The Morgan fingerprint density at radius 2 is 1.67 bits per heavy atom. The van der Waals surface area contributed by atoms with Crippen molar-refractivity contribution in [2.75, 3.05) is 0 Å². The summed E-state index contributed by atoms with van der Waals surface area (Å²) in [5.41, 5.74) is 2.00. The molecule has 21 heavy (non-hydrogen) atoms. The van der Waals surface area contributed by atoms with Crippen LogP contribution in [0.1, 0.15) is 56.9 Å². The van der Waals surface area contributed by atoms with Gasteiger partial charge in [0.15, 0.2) is 0 Å². The van der Waals surface area contributed by atoms with Crippen molar-refractivity contribution >= 4 is 0 Å². The van der Waals surface area contributed by atoms with Crippen LogP contribution in [-0.4, -0.2) is 10.1 Å². The van der Waals surface area contributed by atoms with Crippen LogP contribution in [-0.2, 0) is 0 Å². The van der Waals surface area contributed by atoms with E-state index in [2.05, 4.69) is 31.0 Å². The molecule has 1 unspecified atom stereocenters. The lowest BCUT2D eigenvalue weighted by Crippen LogP contribution is -1.98. The standard InChI is InChI=1S/C18H23NO2/c1-4-13(3)14-6-8-15(9-7-14)21-16-10-11-17(19-12-16)18(20)5-2/h6-13,18,20H,4-5H2,1-3H3/t13?,18-/m1/s1. The van der Waals surface area contributed by atoms with Crippen molar-refractivity contribution in [3.8, 4) is 11.5 Å². The van der Waals surface area contributed by atoms with Crippen LogP contribution in [0.5, 0.6) is 11.5 Å². The third-order valence-corrected chi connectivity index (χ3v) is 3.78. The van der Waals surface area contributed by atoms with Crippen molar-refractivity contribution in [3.63, 3.8) is 0 Å². The van der Waals surface area contributed by atoms with Gasteiger partial charge in [0.2, 0.25) is 0 Å². The molecule has 1 N–H and O–H groups in total. The minimum atomic E-state index is -0.506. The van der Waals surface area contributed by atoms with E-state index in [1.807, 2.05) is 25.1 Å². The molecule has 0 aliphatic carbocycles. The van der Waals surface area contributed by atoms with E-state index in [-0.39, 0.29) is 0 Å². The first kappa shape index (κ1) is 15.5. The van der Waals surface area contributed by atoms with Gasteiger partial charge in [0.25, 0.3) is 0 Å². The molecule has 112 valence electrons. The maximum atomic E-state index is 9.71. The fourth-order valence-electron chi connectivity index (χ4n) is 2.09. The summed E-state index contributed by atoms with van der Waals surface area (Å²) < 4.78 is 5.77. The molecule has 1 aromatic carbocycles. The topological polar surface area (TPSA) is 42.4 Å². The highest BCUT2D eigenvalue weighted by molar-refractivity contribution is 5.33. The van der Waals surface area contributed by atoms with Crippen LogP contribution < -0.4 is 4.74 Å². The van der Waals surface area contributed by atoms with Gasteiger partial charge in [-0.2, -0.15) is 0 Å². The molecule has 0 bridgehead atoms. The Morgan fingerprint density at radius 3 is 2.19 bits per heavy atom. The largest absolute Gasteiger partial charge is 0.456 e. The van der Waals surface area contributed by atoms with E-state index in [9.17, 15) is 5.11 Å². The van der Waals surface area contributed by atoms with Crippen LogP contribution in [0.4, 0.5) is 0 Å². The molecule has 3 heteroatoms. The Balaban J connectivity index is 2.04. The summed E-state index contributed by atoms with van der Waals surface area (Å²) in [5, 5.41) is 9.71. The highest BCUT2D eigenvalue weighted by Gasteiger charge is 2.07. The van der Waals surface area contributed by atoms with Gasteiger partial charge in [-0.1, -0.05) is 32.9 Å². The number of nitrogens with zero attached hydrogens (tertiary/aromatic N) is 1. The SMILES string of the molecule is CCC(C)c1ccc(Oc2ccc([C@H](O)CC)nc2)cc1. The van der Waals surface area contributed by atoms with E-state index >= 15 is 0 Å². The highest BCUT2D eigenvalue weighted by Crippen LogP contribution is 2.25. The summed E-state index contributed by atoms with van der Waals surface area (Å²) in [4.78, 5) is 4.23. The molecule has 1 aromatic heterocycles. The van der Waals surface area contributed by atoms with Gasteiger partial charge in [-0.15, -0.1) is 0 Å². The van der Waals surface area contributed by atoms with Crippen LogP contribution in [0, 0.1) is 0 Å². The van der Waals surface area contributed by atoms with Crippen LogP contribution >= 0.6 is 0 Å². The van der Waals surface area contributed by atoms with Crippen molar-refractivity contribution in [1.82, 2.24) is 4.98 Å². The Kier molecular flexibility index (Phi) is 5.34. The smallest absolute Gasteiger partial charge is 0.145 e. The number of aliphatic hydroxyl groups is 1. The van der Waals surface area contributed by atoms with Gasteiger partial charge in [-0.25, -0.2) is 0 Å². The highest BCUT2D eigenvalue weighted by atomic mass is 16.5. The van der Waals surface area contributed by atoms with E-state index in [0.717, 1.165) is 12.2 Å². The molecule has 0 aliphatic rings. The van der Waals surface area contributed by atoms with Gasteiger partial charge in [0, 0.05) is 0 Å². The van der Waals surface area contributed by atoms with Crippen molar-refractivity contribution in [3.05, 3.63) is 53.9 Å². The first-order valence-corrected chi connectivity index (χ1v) is 7.55. The van der Waals surface area contributed by atoms with Crippen molar-refractivity contribution in [2.24, 2.45) is 0 Å². The zero-order valence-electron chi connectivity index (χ0n) is 12.9. The third-order valence-electron chi connectivity index (χ3n) is 3.78. The molecule has 0 saturated heterocycles. The predicted molar refractivity (Wildman–Crippen MR) is 84.7 cm³/mol. The summed E-state index contributed by atoms with van der Waals surface area (Å²) in [6.07, 6.45) is 2.93. The van der Waals surface area contributed by atoms with E-state index in [1.54, 1.807) is 12.3 Å². The van der Waals surface area contributed by atoms with Gasteiger partial charge in [-0.3, -0.25) is 4.98 Å². The number of hydrogen-bond acceptors (Lipinski definition) is 3. The molecule has 0 aliphatic heterocycles. The van der Waals surface area contributed by atoms with Crippen LogP contribution in [0.15, 0.2) is 42.6 Å². The van der Waals surface area contributed by atoms with Crippen LogP contribution in [0.3, 0.4) is 0 Å². The normalized spacial score (nSPS) is 13.7. The molecule has 3 nitrogen and oxygen atoms in total. The fourth-order valence-corrected chi connectivity index (χ4v) is 2.09. The summed E-state index contributed by atoms with van der Waals surface area (Å²) in [6.45, 7) is 6.33. The number of rotatable bonds is 6. The number of benzene rings is 1. The van der Waals surface area contributed by atoms with Crippen molar-refractivity contribution in [1.29, 1.82) is 0 Å². The van der Waals surface area contributed by atoms with E-state index < -0.39 is 6.10 Å². The van der Waals surface area contributed by atoms with Crippen molar-refractivity contribution in [2.45, 2.75) is 45.6 Å². The molecular weight excluding hydrogens is 262 g/mol.